The Balaban J connectivity index is 1.91. The van der Waals surface area contributed by atoms with Crippen molar-refractivity contribution in [3.63, 3.8) is 0 Å². The first kappa shape index (κ1) is 15.9. The van der Waals surface area contributed by atoms with Gasteiger partial charge in [-0.25, -0.2) is 0 Å². The summed E-state index contributed by atoms with van der Waals surface area (Å²) in [6.45, 7) is 2.78. The second-order valence-electron chi connectivity index (χ2n) is 5.41. The van der Waals surface area contributed by atoms with Gasteiger partial charge in [-0.1, -0.05) is 0 Å². The van der Waals surface area contributed by atoms with Crippen molar-refractivity contribution in [2.75, 3.05) is 41.5 Å². The number of methoxy groups -OCH3 is 3. The molecule has 0 spiro atoms. The van der Waals surface area contributed by atoms with Gasteiger partial charge in [0.05, 0.1) is 21.3 Å². The number of nitrogens with one attached hydrogen (secondary N) is 1. The quantitative estimate of drug-likeness (QED) is 0.705. The topological polar surface area (TPSA) is 43.0 Å². The van der Waals surface area contributed by atoms with Crippen molar-refractivity contribution in [2.24, 2.45) is 0 Å². The zero-order valence-corrected chi connectivity index (χ0v) is 13.4. The number of hydrogen-bond donors (Lipinski definition) is 1. The molecule has 0 radical (unpaired) electrons. The molecule has 5 nitrogen and oxygen atoms in total. The smallest absolute Gasteiger partial charge is 0.164 e. The van der Waals surface area contributed by atoms with E-state index in [0.29, 0.717) is 5.75 Å². The molecule has 5 heteroatoms. The van der Waals surface area contributed by atoms with Crippen LogP contribution in [0.5, 0.6) is 17.2 Å². The summed E-state index contributed by atoms with van der Waals surface area (Å²) in [5.41, 5.74) is 1.07. The Kier molecular flexibility index (Phi) is 5.70. The van der Waals surface area contributed by atoms with Gasteiger partial charge in [0, 0.05) is 37.3 Å². The highest BCUT2D eigenvalue weighted by Crippen LogP contribution is 2.34. The van der Waals surface area contributed by atoms with E-state index in [9.17, 15) is 0 Å². The van der Waals surface area contributed by atoms with Crippen LogP contribution in [0.2, 0.25) is 0 Å². The molecular formula is C16H26N2O3. The Morgan fingerprint density at radius 3 is 2.24 bits per heavy atom. The molecule has 1 aliphatic rings. The molecule has 0 bridgehead atoms. The third-order valence-corrected chi connectivity index (χ3v) is 3.91. The van der Waals surface area contributed by atoms with Crippen LogP contribution in [-0.4, -0.2) is 52.4 Å². The molecule has 0 saturated heterocycles. The van der Waals surface area contributed by atoms with Crippen molar-refractivity contribution in [3.05, 3.63) is 17.7 Å². The largest absolute Gasteiger partial charge is 0.496 e. The molecule has 0 atom stereocenters. The third kappa shape index (κ3) is 4.25. The summed E-state index contributed by atoms with van der Waals surface area (Å²) in [7, 11) is 7.14. The molecule has 1 saturated carbocycles. The van der Waals surface area contributed by atoms with Gasteiger partial charge in [-0.15, -0.1) is 0 Å². The number of benzene rings is 1. The van der Waals surface area contributed by atoms with Crippen LogP contribution < -0.4 is 19.5 Å². The maximum absolute atomic E-state index is 5.43. The average molecular weight is 294 g/mol. The van der Waals surface area contributed by atoms with Crippen LogP contribution in [-0.2, 0) is 6.54 Å². The second-order valence-corrected chi connectivity index (χ2v) is 5.41. The molecule has 0 unspecified atom stereocenters. The van der Waals surface area contributed by atoms with Crippen LogP contribution in [0.1, 0.15) is 18.4 Å². The minimum atomic E-state index is 0.687. The predicted octanol–water partition coefficient (Wildman–Crippen LogP) is 1.90. The van der Waals surface area contributed by atoms with Crippen LogP contribution in [0.3, 0.4) is 0 Å². The second kappa shape index (κ2) is 7.52. The van der Waals surface area contributed by atoms with Crippen molar-refractivity contribution in [3.8, 4) is 17.2 Å². The van der Waals surface area contributed by atoms with Crippen LogP contribution in [0.25, 0.3) is 0 Å². The zero-order valence-electron chi connectivity index (χ0n) is 13.4. The lowest BCUT2D eigenvalue weighted by Gasteiger charge is -2.17. The van der Waals surface area contributed by atoms with E-state index in [1.807, 2.05) is 12.1 Å². The van der Waals surface area contributed by atoms with Gasteiger partial charge < -0.3 is 24.4 Å². The monoisotopic (exact) mass is 294 g/mol. The maximum atomic E-state index is 5.43. The summed E-state index contributed by atoms with van der Waals surface area (Å²) in [6.07, 6.45) is 2.69. The molecule has 0 aliphatic heterocycles. The van der Waals surface area contributed by atoms with Gasteiger partial charge in [0.15, 0.2) is 11.5 Å². The number of ether oxygens (including phenoxy) is 3. The van der Waals surface area contributed by atoms with Crippen LogP contribution in [0.15, 0.2) is 12.1 Å². The van der Waals surface area contributed by atoms with E-state index in [4.69, 9.17) is 14.2 Å². The summed E-state index contributed by atoms with van der Waals surface area (Å²) < 4.78 is 16.1. The maximum Gasteiger partial charge on any atom is 0.164 e. The van der Waals surface area contributed by atoms with Gasteiger partial charge in [-0.05, 0) is 26.0 Å². The van der Waals surface area contributed by atoms with E-state index >= 15 is 0 Å². The van der Waals surface area contributed by atoms with Crippen LogP contribution in [0, 0.1) is 0 Å². The first-order valence-electron chi connectivity index (χ1n) is 7.39. The van der Waals surface area contributed by atoms with Crippen LogP contribution in [0.4, 0.5) is 0 Å². The van der Waals surface area contributed by atoms with E-state index in [2.05, 4.69) is 17.3 Å². The summed E-state index contributed by atoms with van der Waals surface area (Å²) in [4.78, 5) is 2.42. The Bertz CT molecular complexity index is 461. The number of rotatable bonds is 9. The van der Waals surface area contributed by atoms with Crippen molar-refractivity contribution in [1.82, 2.24) is 10.2 Å². The average Bonchev–Trinajstić information content (AvgIpc) is 3.35. The molecular weight excluding hydrogens is 268 g/mol. The Labute approximate surface area is 127 Å². The van der Waals surface area contributed by atoms with Crippen molar-refractivity contribution in [2.45, 2.75) is 25.4 Å². The molecule has 0 aromatic heterocycles. The normalized spacial score (nSPS) is 14.3. The molecule has 21 heavy (non-hydrogen) atoms. The molecule has 1 aromatic carbocycles. The van der Waals surface area contributed by atoms with Gasteiger partial charge in [0.25, 0.3) is 0 Å². The lowest BCUT2D eigenvalue weighted by molar-refractivity contribution is 0.320. The molecule has 118 valence electrons. The SMILES string of the molecule is COc1cc(OC)c(OC)cc1CNCCN(C)C1CC1. The fraction of sp³-hybridized carbons (Fsp3) is 0.625. The molecule has 0 heterocycles. The third-order valence-electron chi connectivity index (χ3n) is 3.91. The lowest BCUT2D eigenvalue weighted by atomic mass is 10.1. The minimum Gasteiger partial charge on any atom is -0.496 e. The number of hydrogen-bond acceptors (Lipinski definition) is 5. The van der Waals surface area contributed by atoms with E-state index in [-0.39, 0.29) is 0 Å². The summed E-state index contributed by atoms with van der Waals surface area (Å²) in [5, 5.41) is 3.46. The Hall–Kier alpha value is -1.46. The highest BCUT2D eigenvalue weighted by molar-refractivity contribution is 5.50. The van der Waals surface area contributed by atoms with Crippen molar-refractivity contribution < 1.29 is 14.2 Å². The van der Waals surface area contributed by atoms with E-state index in [1.165, 1.54) is 12.8 Å². The standard InChI is InChI=1S/C16H26N2O3/c1-18(13-5-6-13)8-7-17-11-12-9-15(20-3)16(21-4)10-14(12)19-2/h9-10,13,17H,5-8,11H2,1-4H3. The summed E-state index contributed by atoms with van der Waals surface area (Å²) in [6, 6.07) is 4.64. The predicted molar refractivity (Wildman–Crippen MR) is 83.5 cm³/mol. The molecule has 1 aromatic rings. The highest BCUT2D eigenvalue weighted by Gasteiger charge is 2.25. The van der Waals surface area contributed by atoms with Crippen molar-refractivity contribution >= 4 is 0 Å². The van der Waals surface area contributed by atoms with Crippen molar-refractivity contribution in [1.29, 1.82) is 0 Å². The van der Waals surface area contributed by atoms with E-state index in [1.54, 1.807) is 21.3 Å². The Morgan fingerprint density at radius 2 is 1.67 bits per heavy atom. The molecule has 0 amide bonds. The van der Waals surface area contributed by atoms with Gasteiger partial charge in [0.2, 0.25) is 0 Å². The fourth-order valence-electron chi connectivity index (χ4n) is 2.41. The van der Waals surface area contributed by atoms with E-state index < -0.39 is 0 Å². The number of likely N-dealkylation sites (N-methyl/N-ethyl adjacent to an activating group) is 1. The van der Waals surface area contributed by atoms with Gasteiger partial charge in [0.1, 0.15) is 5.75 Å². The van der Waals surface area contributed by atoms with Gasteiger partial charge >= 0.3 is 0 Å². The van der Waals surface area contributed by atoms with Gasteiger partial charge in [-0.3, -0.25) is 0 Å². The zero-order chi connectivity index (χ0) is 15.2. The molecule has 1 N–H and O–H groups in total. The minimum absolute atomic E-state index is 0.687. The van der Waals surface area contributed by atoms with E-state index in [0.717, 1.165) is 42.7 Å². The van der Waals surface area contributed by atoms with Gasteiger partial charge in [-0.2, -0.15) is 0 Å². The first-order valence-corrected chi connectivity index (χ1v) is 7.39. The number of nitrogens with zero attached hydrogens (tertiary/aromatic N) is 1. The summed E-state index contributed by atoms with van der Waals surface area (Å²) in [5.74, 6) is 2.23. The summed E-state index contributed by atoms with van der Waals surface area (Å²) >= 11 is 0. The highest BCUT2D eigenvalue weighted by atomic mass is 16.5. The lowest BCUT2D eigenvalue weighted by Crippen LogP contribution is -2.30. The fourth-order valence-corrected chi connectivity index (χ4v) is 2.41. The van der Waals surface area contributed by atoms with Crippen LogP contribution >= 0.6 is 0 Å². The molecule has 2 rings (SSSR count). The molecule has 1 fully saturated rings. The first-order chi connectivity index (χ1) is 10.2. The Morgan fingerprint density at radius 1 is 1.05 bits per heavy atom. The molecule has 1 aliphatic carbocycles.